The smallest absolute Gasteiger partial charge is 0.261 e. The number of nitrogens with zero attached hydrogens (tertiary/aromatic N) is 1. The summed E-state index contributed by atoms with van der Waals surface area (Å²) in [5, 5.41) is 0. The molecule has 0 bridgehead atoms. The van der Waals surface area contributed by atoms with E-state index in [1.807, 2.05) is 0 Å². The molecule has 1 aromatic heterocycles. The molecule has 1 fully saturated rings. The maximum atomic E-state index is 11.6. The molecule has 98 valence electrons. The van der Waals surface area contributed by atoms with Crippen molar-refractivity contribution in [1.82, 2.24) is 9.88 Å². The first-order chi connectivity index (χ1) is 8.56. The van der Waals surface area contributed by atoms with Crippen molar-refractivity contribution in [3.63, 3.8) is 0 Å². The molecule has 0 unspecified atom stereocenters. The van der Waals surface area contributed by atoms with Crippen molar-refractivity contribution in [1.29, 1.82) is 0 Å². The van der Waals surface area contributed by atoms with E-state index in [1.54, 1.807) is 6.07 Å². The average molecular weight is 249 g/mol. The van der Waals surface area contributed by atoms with E-state index in [9.17, 15) is 9.59 Å². The zero-order valence-corrected chi connectivity index (χ0v) is 10.6. The molecule has 0 aliphatic carbocycles. The van der Waals surface area contributed by atoms with E-state index in [1.165, 1.54) is 18.9 Å². The minimum Gasteiger partial charge on any atom is -0.365 e. The Morgan fingerprint density at radius 1 is 1.44 bits per heavy atom. The number of carbonyl (C=O) groups is 1. The zero-order chi connectivity index (χ0) is 13.1. The van der Waals surface area contributed by atoms with Gasteiger partial charge in [-0.25, -0.2) is 0 Å². The number of nitrogens with two attached hydrogens (primary N) is 1. The lowest BCUT2D eigenvalue weighted by atomic mass is 9.99. The van der Waals surface area contributed by atoms with Gasteiger partial charge in [0.1, 0.15) is 5.56 Å². The topological polar surface area (TPSA) is 79.2 Å². The summed E-state index contributed by atoms with van der Waals surface area (Å²) >= 11 is 0. The Kier molecular flexibility index (Phi) is 3.81. The van der Waals surface area contributed by atoms with Crippen LogP contribution in [0.2, 0.25) is 0 Å². The highest BCUT2D eigenvalue weighted by Gasteiger charge is 2.16. The van der Waals surface area contributed by atoms with E-state index in [0.717, 1.165) is 31.2 Å². The summed E-state index contributed by atoms with van der Waals surface area (Å²) < 4.78 is 0. The van der Waals surface area contributed by atoms with Gasteiger partial charge in [-0.05, 0) is 44.0 Å². The van der Waals surface area contributed by atoms with Gasteiger partial charge >= 0.3 is 0 Å². The van der Waals surface area contributed by atoms with Gasteiger partial charge in [0.25, 0.3) is 11.5 Å². The second kappa shape index (κ2) is 5.35. The summed E-state index contributed by atoms with van der Waals surface area (Å²) in [5.74, 6) is 0.104. The monoisotopic (exact) mass is 249 g/mol. The lowest BCUT2D eigenvalue weighted by Gasteiger charge is -2.29. The molecule has 1 aliphatic heterocycles. The largest absolute Gasteiger partial charge is 0.365 e. The van der Waals surface area contributed by atoms with Gasteiger partial charge in [0.15, 0.2) is 0 Å². The van der Waals surface area contributed by atoms with Gasteiger partial charge in [-0.3, -0.25) is 14.5 Å². The highest BCUT2D eigenvalue weighted by atomic mass is 16.2. The minimum atomic E-state index is -0.686. The third-order valence-corrected chi connectivity index (χ3v) is 3.51. The van der Waals surface area contributed by atoms with E-state index in [2.05, 4.69) is 16.8 Å². The molecule has 0 saturated carbocycles. The predicted molar refractivity (Wildman–Crippen MR) is 69.3 cm³/mol. The number of hydrogen-bond acceptors (Lipinski definition) is 3. The number of H-pyrrole nitrogens is 1. The summed E-state index contributed by atoms with van der Waals surface area (Å²) in [4.78, 5) is 27.6. The third kappa shape index (κ3) is 2.98. The quantitative estimate of drug-likeness (QED) is 0.827. The van der Waals surface area contributed by atoms with Crippen LogP contribution >= 0.6 is 0 Å². The Hall–Kier alpha value is -1.62. The Morgan fingerprint density at radius 2 is 2.11 bits per heavy atom. The number of likely N-dealkylation sites (tertiary alicyclic amines) is 1. The molecule has 1 aliphatic rings. The summed E-state index contributed by atoms with van der Waals surface area (Å²) in [7, 11) is 0. The van der Waals surface area contributed by atoms with E-state index in [4.69, 9.17) is 5.73 Å². The highest BCUT2D eigenvalue weighted by molar-refractivity contribution is 5.92. The number of piperidine rings is 1. The summed E-state index contributed by atoms with van der Waals surface area (Å²) in [6, 6.07) is 3.27. The molecule has 2 rings (SSSR count). The molecule has 5 nitrogen and oxygen atoms in total. The Bertz CT molecular complexity index is 487. The number of nitrogens with one attached hydrogen (secondary N) is 1. The van der Waals surface area contributed by atoms with E-state index >= 15 is 0 Å². The zero-order valence-electron chi connectivity index (χ0n) is 10.6. The first kappa shape index (κ1) is 12.8. The summed E-state index contributed by atoms with van der Waals surface area (Å²) in [6.07, 6.45) is 2.40. The number of hydrogen-bond donors (Lipinski definition) is 2. The second-order valence-corrected chi connectivity index (χ2v) is 5.05. The molecule has 3 N–H and O–H groups in total. The maximum Gasteiger partial charge on any atom is 0.261 e. The molecule has 0 spiro atoms. The van der Waals surface area contributed by atoms with Gasteiger partial charge in [0, 0.05) is 12.2 Å². The number of aromatic nitrogens is 1. The SMILES string of the molecule is CC1CCN(Cc2ccc(C(N)=O)c(=O)[nH]2)CC1. The molecule has 1 aromatic rings. The van der Waals surface area contributed by atoms with Crippen LogP contribution in [0, 0.1) is 5.92 Å². The number of rotatable bonds is 3. The molecule has 0 aromatic carbocycles. The molecule has 0 atom stereocenters. The van der Waals surface area contributed by atoms with Crippen LogP contribution in [0.25, 0.3) is 0 Å². The lowest BCUT2D eigenvalue weighted by molar-refractivity contribution is 0.0998. The van der Waals surface area contributed by atoms with Crippen molar-refractivity contribution in [2.24, 2.45) is 11.7 Å². The third-order valence-electron chi connectivity index (χ3n) is 3.51. The van der Waals surface area contributed by atoms with Crippen molar-refractivity contribution in [3.05, 3.63) is 33.7 Å². The van der Waals surface area contributed by atoms with Gasteiger partial charge in [-0.1, -0.05) is 6.92 Å². The molecular formula is C13H19N3O2. The highest BCUT2D eigenvalue weighted by Crippen LogP contribution is 2.17. The van der Waals surface area contributed by atoms with Crippen molar-refractivity contribution in [2.75, 3.05) is 13.1 Å². The second-order valence-electron chi connectivity index (χ2n) is 5.05. The molecule has 5 heteroatoms. The number of aromatic amines is 1. The normalized spacial score (nSPS) is 17.8. The average Bonchev–Trinajstić information content (AvgIpc) is 2.32. The van der Waals surface area contributed by atoms with Crippen LogP contribution in [-0.4, -0.2) is 28.9 Å². The molecular weight excluding hydrogens is 230 g/mol. The maximum absolute atomic E-state index is 11.6. The van der Waals surface area contributed by atoms with Crippen LogP contribution in [-0.2, 0) is 6.54 Å². The van der Waals surface area contributed by atoms with Gasteiger partial charge < -0.3 is 10.7 Å². The molecule has 1 amide bonds. The lowest BCUT2D eigenvalue weighted by Crippen LogP contribution is -2.33. The summed E-state index contributed by atoms with van der Waals surface area (Å²) in [6.45, 7) is 5.10. The van der Waals surface area contributed by atoms with Crippen LogP contribution < -0.4 is 11.3 Å². The first-order valence-electron chi connectivity index (χ1n) is 6.30. The van der Waals surface area contributed by atoms with Gasteiger partial charge in [0.2, 0.25) is 0 Å². The first-order valence-corrected chi connectivity index (χ1v) is 6.30. The van der Waals surface area contributed by atoms with E-state index in [-0.39, 0.29) is 5.56 Å². The van der Waals surface area contributed by atoms with Crippen LogP contribution in [0.1, 0.15) is 35.8 Å². The summed E-state index contributed by atoms with van der Waals surface area (Å²) in [5.41, 5.74) is 5.55. The molecule has 1 saturated heterocycles. The van der Waals surface area contributed by atoms with E-state index in [0.29, 0.717) is 0 Å². The molecule has 0 radical (unpaired) electrons. The number of pyridine rings is 1. The molecule has 18 heavy (non-hydrogen) atoms. The van der Waals surface area contributed by atoms with Gasteiger partial charge in [0.05, 0.1) is 0 Å². The van der Waals surface area contributed by atoms with E-state index < -0.39 is 11.5 Å². The van der Waals surface area contributed by atoms with Crippen LogP contribution in [0.4, 0.5) is 0 Å². The van der Waals surface area contributed by atoms with Crippen LogP contribution in [0.15, 0.2) is 16.9 Å². The minimum absolute atomic E-state index is 0.0195. The standard InChI is InChI=1S/C13H19N3O2/c1-9-4-6-16(7-5-9)8-10-2-3-11(12(14)17)13(18)15-10/h2-3,9H,4-8H2,1H3,(H2,14,17)(H,15,18). The Morgan fingerprint density at radius 3 is 2.67 bits per heavy atom. The Balaban J connectivity index is 2.04. The predicted octanol–water partition coefficient (Wildman–Crippen LogP) is 0.706. The van der Waals surface area contributed by atoms with Crippen LogP contribution in [0.5, 0.6) is 0 Å². The number of primary amides is 1. The number of carbonyl (C=O) groups excluding carboxylic acids is 1. The van der Waals surface area contributed by atoms with Crippen molar-refractivity contribution < 1.29 is 4.79 Å². The van der Waals surface area contributed by atoms with Crippen LogP contribution in [0.3, 0.4) is 0 Å². The molecule has 2 heterocycles. The Labute approximate surface area is 106 Å². The fourth-order valence-electron chi connectivity index (χ4n) is 2.26. The van der Waals surface area contributed by atoms with Crippen molar-refractivity contribution in [2.45, 2.75) is 26.3 Å². The fraction of sp³-hybridized carbons (Fsp3) is 0.538. The van der Waals surface area contributed by atoms with Gasteiger partial charge in [-0.15, -0.1) is 0 Å². The van der Waals surface area contributed by atoms with Crippen molar-refractivity contribution in [3.8, 4) is 0 Å². The van der Waals surface area contributed by atoms with Gasteiger partial charge in [-0.2, -0.15) is 0 Å². The van der Waals surface area contributed by atoms with Crippen molar-refractivity contribution >= 4 is 5.91 Å². The number of amides is 1. The fourth-order valence-corrected chi connectivity index (χ4v) is 2.26.